The van der Waals surface area contributed by atoms with Gasteiger partial charge in [0.05, 0.1) is 17.3 Å². The van der Waals surface area contributed by atoms with Crippen LogP contribution >= 0.6 is 27.5 Å². The second-order valence-electron chi connectivity index (χ2n) is 3.16. The minimum atomic E-state index is 0.186. The summed E-state index contributed by atoms with van der Waals surface area (Å²) in [6.07, 6.45) is 1.59. The van der Waals surface area contributed by atoms with E-state index in [4.69, 9.17) is 16.3 Å². The Balaban J connectivity index is 2.34. The number of para-hydroxylation sites is 2. The van der Waals surface area contributed by atoms with Crippen LogP contribution in [0.2, 0.25) is 5.28 Å². The maximum absolute atomic E-state index is 5.74. The molecular weight excluding hydrogens is 305 g/mol. The van der Waals surface area contributed by atoms with Crippen LogP contribution < -0.4 is 10.1 Å². The number of nitrogens with one attached hydrogen (secondary N) is 1. The molecule has 2 aromatic rings. The molecule has 0 unspecified atom stereocenters. The largest absolute Gasteiger partial charge is 0.495 e. The first-order chi connectivity index (χ1) is 8.20. The minimum Gasteiger partial charge on any atom is -0.495 e. The van der Waals surface area contributed by atoms with E-state index in [-0.39, 0.29) is 5.28 Å². The number of rotatable bonds is 3. The maximum atomic E-state index is 5.74. The number of ether oxygens (including phenoxy) is 1. The summed E-state index contributed by atoms with van der Waals surface area (Å²) in [5.41, 5.74) is 0.811. The molecule has 0 saturated heterocycles. The minimum absolute atomic E-state index is 0.186. The van der Waals surface area contributed by atoms with Gasteiger partial charge in [0.25, 0.3) is 0 Å². The molecule has 0 aliphatic carbocycles. The third kappa shape index (κ3) is 2.87. The second-order valence-corrected chi connectivity index (χ2v) is 4.35. The van der Waals surface area contributed by atoms with Crippen LogP contribution in [0.4, 0.5) is 11.5 Å². The molecule has 6 heteroatoms. The third-order valence-corrected chi connectivity index (χ3v) is 2.84. The zero-order valence-corrected chi connectivity index (χ0v) is 11.3. The number of hydrogen-bond donors (Lipinski definition) is 1. The van der Waals surface area contributed by atoms with Gasteiger partial charge in [0.15, 0.2) is 0 Å². The number of nitrogens with zero attached hydrogens (tertiary/aromatic N) is 2. The Hall–Kier alpha value is -1.33. The summed E-state index contributed by atoms with van der Waals surface area (Å²) >= 11 is 9.09. The topological polar surface area (TPSA) is 47.0 Å². The zero-order chi connectivity index (χ0) is 12.3. The fourth-order valence-electron chi connectivity index (χ4n) is 1.31. The van der Waals surface area contributed by atoms with Crippen molar-refractivity contribution >= 4 is 39.0 Å². The molecule has 0 spiro atoms. The lowest BCUT2D eigenvalue weighted by Crippen LogP contribution is -1.98. The van der Waals surface area contributed by atoms with Crippen molar-refractivity contribution in [1.82, 2.24) is 9.97 Å². The van der Waals surface area contributed by atoms with E-state index < -0.39 is 0 Å². The van der Waals surface area contributed by atoms with E-state index in [9.17, 15) is 0 Å². The molecule has 1 heterocycles. The van der Waals surface area contributed by atoms with Gasteiger partial charge in [0.1, 0.15) is 11.6 Å². The average molecular weight is 315 g/mol. The van der Waals surface area contributed by atoms with E-state index in [1.54, 1.807) is 13.3 Å². The summed E-state index contributed by atoms with van der Waals surface area (Å²) in [5.74, 6) is 1.32. The number of aromatic nitrogens is 2. The Labute approximate surface area is 112 Å². The Morgan fingerprint density at radius 1 is 1.35 bits per heavy atom. The van der Waals surface area contributed by atoms with Gasteiger partial charge in [-0.25, -0.2) is 4.98 Å². The van der Waals surface area contributed by atoms with Crippen molar-refractivity contribution in [3.63, 3.8) is 0 Å². The quantitative estimate of drug-likeness (QED) is 0.879. The highest BCUT2D eigenvalue weighted by Crippen LogP contribution is 2.29. The molecular formula is C11H9BrClN3O. The molecule has 1 N–H and O–H groups in total. The van der Waals surface area contributed by atoms with Gasteiger partial charge in [0.2, 0.25) is 5.28 Å². The Kier molecular flexibility index (Phi) is 3.81. The van der Waals surface area contributed by atoms with Crippen molar-refractivity contribution in [1.29, 1.82) is 0 Å². The van der Waals surface area contributed by atoms with E-state index >= 15 is 0 Å². The summed E-state index contributed by atoms with van der Waals surface area (Å²) < 4.78 is 5.96. The van der Waals surface area contributed by atoms with E-state index in [2.05, 4.69) is 31.2 Å². The van der Waals surface area contributed by atoms with Crippen LogP contribution in [0.15, 0.2) is 34.9 Å². The van der Waals surface area contributed by atoms with Crippen LogP contribution in [0.5, 0.6) is 5.75 Å². The standard InChI is InChI=1S/C11H9BrClN3O/c1-17-9-5-3-2-4-8(9)15-10-7(12)6-14-11(13)16-10/h2-6H,1H3,(H,14,15,16). The van der Waals surface area contributed by atoms with Crippen LogP contribution in [0.3, 0.4) is 0 Å². The molecule has 0 atom stereocenters. The van der Waals surface area contributed by atoms with Crippen LogP contribution in [0.1, 0.15) is 0 Å². The molecule has 2 rings (SSSR count). The van der Waals surface area contributed by atoms with Gasteiger partial charge in [-0.1, -0.05) is 12.1 Å². The van der Waals surface area contributed by atoms with Crippen molar-refractivity contribution in [2.75, 3.05) is 12.4 Å². The molecule has 88 valence electrons. The molecule has 4 nitrogen and oxygen atoms in total. The molecule has 1 aromatic carbocycles. The van der Waals surface area contributed by atoms with Gasteiger partial charge < -0.3 is 10.1 Å². The first-order valence-corrected chi connectivity index (χ1v) is 5.96. The first-order valence-electron chi connectivity index (χ1n) is 4.79. The average Bonchev–Trinajstić information content (AvgIpc) is 2.34. The van der Waals surface area contributed by atoms with E-state index in [0.29, 0.717) is 5.82 Å². The van der Waals surface area contributed by atoms with E-state index in [1.165, 1.54) is 0 Å². The SMILES string of the molecule is COc1ccccc1Nc1nc(Cl)ncc1Br. The lowest BCUT2D eigenvalue weighted by atomic mass is 10.3. The molecule has 0 amide bonds. The monoisotopic (exact) mass is 313 g/mol. The van der Waals surface area contributed by atoms with Gasteiger partial charge in [-0.15, -0.1) is 0 Å². The molecule has 0 fully saturated rings. The Bertz CT molecular complexity index is 536. The molecule has 17 heavy (non-hydrogen) atoms. The number of methoxy groups -OCH3 is 1. The lowest BCUT2D eigenvalue weighted by molar-refractivity contribution is 0.417. The predicted molar refractivity (Wildman–Crippen MR) is 71.0 cm³/mol. The Morgan fingerprint density at radius 3 is 2.88 bits per heavy atom. The lowest BCUT2D eigenvalue weighted by Gasteiger charge is -2.11. The molecule has 0 aliphatic heterocycles. The highest BCUT2D eigenvalue weighted by Gasteiger charge is 2.07. The fraction of sp³-hybridized carbons (Fsp3) is 0.0909. The van der Waals surface area contributed by atoms with Crippen LogP contribution in [0.25, 0.3) is 0 Å². The van der Waals surface area contributed by atoms with Crippen molar-refractivity contribution in [2.45, 2.75) is 0 Å². The van der Waals surface area contributed by atoms with E-state index in [0.717, 1.165) is 15.9 Å². The number of hydrogen-bond acceptors (Lipinski definition) is 4. The van der Waals surface area contributed by atoms with Crippen molar-refractivity contribution < 1.29 is 4.74 Å². The van der Waals surface area contributed by atoms with E-state index in [1.807, 2.05) is 24.3 Å². The number of halogens is 2. The normalized spacial score (nSPS) is 10.1. The summed E-state index contributed by atoms with van der Waals surface area (Å²) in [7, 11) is 1.61. The van der Waals surface area contributed by atoms with Crippen molar-refractivity contribution in [3.05, 3.63) is 40.2 Å². The molecule has 0 radical (unpaired) electrons. The first kappa shape index (κ1) is 12.1. The van der Waals surface area contributed by atoms with Gasteiger partial charge in [-0.3, -0.25) is 0 Å². The third-order valence-electron chi connectivity index (χ3n) is 2.07. The predicted octanol–water partition coefficient (Wildman–Crippen LogP) is 3.64. The van der Waals surface area contributed by atoms with Gasteiger partial charge in [0, 0.05) is 6.20 Å². The highest BCUT2D eigenvalue weighted by atomic mass is 79.9. The number of benzene rings is 1. The zero-order valence-electron chi connectivity index (χ0n) is 8.95. The molecule has 0 saturated carbocycles. The van der Waals surface area contributed by atoms with Crippen LogP contribution in [-0.2, 0) is 0 Å². The second kappa shape index (κ2) is 5.33. The van der Waals surface area contributed by atoms with Crippen LogP contribution in [0, 0.1) is 0 Å². The van der Waals surface area contributed by atoms with Crippen molar-refractivity contribution in [2.24, 2.45) is 0 Å². The van der Waals surface area contributed by atoms with Gasteiger partial charge in [-0.05, 0) is 39.7 Å². The smallest absolute Gasteiger partial charge is 0.224 e. The molecule has 0 bridgehead atoms. The highest BCUT2D eigenvalue weighted by molar-refractivity contribution is 9.10. The molecule has 0 aliphatic rings. The number of anilines is 2. The fourth-order valence-corrected chi connectivity index (χ4v) is 1.73. The van der Waals surface area contributed by atoms with Crippen LogP contribution in [-0.4, -0.2) is 17.1 Å². The summed E-state index contributed by atoms with van der Waals surface area (Å²) in [6, 6.07) is 7.55. The van der Waals surface area contributed by atoms with Gasteiger partial charge in [-0.2, -0.15) is 4.98 Å². The van der Waals surface area contributed by atoms with Crippen molar-refractivity contribution in [3.8, 4) is 5.75 Å². The van der Waals surface area contributed by atoms with Gasteiger partial charge >= 0.3 is 0 Å². The summed E-state index contributed by atoms with van der Waals surface area (Å²) in [4.78, 5) is 7.94. The maximum Gasteiger partial charge on any atom is 0.224 e. The summed E-state index contributed by atoms with van der Waals surface area (Å²) in [6.45, 7) is 0. The molecule has 1 aromatic heterocycles. The summed E-state index contributed by atoms with van der Waals surface area (Å²) in [5, 5.41) is 3.31. The Morgan fingerprint density at radius 2 is 2.12 bits per heavy atom.